The number of nitro groups is 1. The van der Waals surface area contributed by atoms with E-state index in [9.17, 15) is 10.1 Å². The lowest BCUT2D eigenvalue weighted by molar-refractivity contribution is -0.384. The summed E-state index contributed by atoms with van der Waals surface area (Å²) in [5, 5.41) is 22.0. The minimum Gasteiger partial charge on any atom is -0.395 e. The number of nitrogens with one attached hydrogen (secondary N) is 2. The van der Waals surface area contributed by atoms with Crippen molar-refractivity contribution in [2.45, 2.75) is 0 Å². The van der Waals surface area contributed by atoms with Crippen LogP contribution in [-0.2, 0) is 0 Å². The van der Waals surface area contributed by atoms with Gasteiger partial charge in [0, 0.05) is 18.7 Å². The summed E-state index contributed by atoms with van der Waals surface area (Å²) in [6, 6.07) is 4.40. The first kappa shape index (κ1) is 10.4. The first-order valence-corrected chi connectivity index (χ1v) is 4.69. The van der Waals surface area contributed by atoms with Gasteiger partial charge < -0.3 is 15.4 Å². The van der Waals surface area contributed by atoms with E-state index < -0.39 is 4.92 Å². The number of non-ortho nitro benzene ring substituents is 1. The molecule has 0 radical (unpaired) electrons. The van der Waals surface area contributed by atoms with Crippen molar-refractivity contribution in [1.82, 2.24) is 9.97 Å². The van der Waals surface area contributed by atoms with Crippen LogP contribution in [0.1, 0.15) is 0 Å². The Bertz CT molecular complexity index is 522. The molecule has 2 rings (SSSR count). The highest BCUT2D eigenvalue weighted by molar-refractivity contribution is 5.79. The molecule has 84 valence electrons. The standard InChI is InChI=1S/C9H10N4O3/c14-4-3-10-9-11-7-2-1-6(13(15)16)5-8(7)12-9/h1-2,5,14H,3-4H2,(H2,10,11,12). The minimum atomic E-state index is -0.457. The number of hydrogen-bond acceptors (Lipinski definition) is 5. The Hall–Kier alpha value is -2.15. The quantitative estimate of drug-likeness (QED) is 0.526. The fourth-order valence-corrected chi connectivity index (χ4v) is 1.37. The van der Waals surface area contributed by atoms with Gasteiger partial charge in [-0.2, -0.15) is 0 Å². The molecule has 3 N–H and O–H groups in total. The number of H-pyrrole nitrogens is 1. The SMILES string of the molecule is O=[N+]([O-])c1ccc2nc(NCCO)[nH]c2c1. The molecule has 1 aromatic carbocycles. The summed E-state index contributed by atoms with van der Waals surface area (Å²) in [5.41, 5.74) is 1.26. The molecule has 1 aromatic heterocycles. The van der Waals surface area contributed by atoms with E-state index in [1.807, 2.05) is 0 Å². The topological polar surface area (TPSA) is 104 Å². The maximum Gasteiger partial charge on any atom is 0.271 e. The van der Waals surface area contributed by atoms with Gasteiger partial charge >= 0.3 is 0 Å². The number of rotatable bonds is 4. The Kier molecular flexibility index (Phi) is 2.69. The molecule has 0 atom stereocenters. The summed E-state index contributed by atoms with van der Waals surface area (Å²) >= 11 is 0. The number of fused-ring (bicyclic) bond motifs is 1. The number of benzene rings is 1. The zero-order chi connectivity index (χ0) is 11.5. The van der Waals surface area contributed by atoms with Crippen LogP contribution in [0.5, 0.6) is 0 Å². The number of nitrogens with zero attached hydrogens (tertiary/aromatic N) is 2. The van der Waals surface area contributed by atoms with E-state index in [4.69, 9.17) is 5.11 Å². The van der Waals surface area contributed by atoms with E-state index in [0.717, 1.165) is 0 Å². The summed E-state index contributed by atoms with van der Waals surface area (Å²) in [6.07, 6.45) is 0. The highest BCUT2D eigenvalue weighted by Gasteiger charge is 2.08. The van der Waals surface area contributed by atoms with Crippen molar-refractivity contribution in [2.75, 3.05) is 18.5 Å². The molecule has 16 heavy (non-hydrogen) atoms. The third kappa shape index (κ3) is 1.94. The van der Waals surface area contributed by atoms with Crippen LogP contribution in [0.15, 0.2) is 18.2 Å². The molecule has 0 saturated carbocycles. The van der Waals surface area contributed by atoms with Crippen molar-refractivity contribution < 1.29 is 10.0 Å². The van der Waals surface area contributed by atoms with Gasteiger partial charge in [-0.25, -0.2) is 4.98 Å². The molecule has 0 spiro atoms. The first-order chi connectivity index (χ1) is 7.70. The number of aliphatic hydroxyl groups is 1. The van der Waals surface area contributed by atoms with Gasteiger partial charge in [0.1, 0.15) is 0 Å². The lowest BCUT2D eigenvalue weighted by atomic mass is 10.3. The van der Waals surface area contributed by atoms with Crippen molar-refractivity contribution >= 4 is 22.7 Å². The molecule has 1 heterocycles. The molecule has 0 amide bonds. The van der Waals surface area contributed by atoms with Gasteiger partial charge in [0.25, 0.3) is 5.69 Å². The van der Waals surface area contributed by atoms with Crippen LogP contribution in [0, 0.1) is 10.1 Å². The summed E-state index contributed by atoms with van der Waals surface area (Å²) < 4.78 is 0. The zero-order valence-electron chi connectivity index (χ0n) is 8.30. The lowest BCUT2D eigenvalue weighted by Gasteiger charge is -1.96. The Morgan fingerprint density at radius 1 is 1.56 bits per heavy atom. The highest BCUT2D eigenvalue weighted by Crippen LogP contribution is 2.20. The first-order valence-electron chi connectivity index (χ1n) is 4.69. The predicted molar refractivity (Wildman–Crippen MR) is 58.3 cm³/mol. The van der Waals surface area contributed by atoms with Crippen LogP contribution in [0.25, 0.3) is 11.0 Å². The average molecular weight is 222 g/mol. The monoisotopic (exact) mass is 222 g/mol. The second-order valence-corrected chi connectivity index (χ2v) is 3.19. The van der Waals surface area contributed by atoms with Gasteiger partial charge in [-0.05, 0) is 6.07 Å². The van der Waals surface area contributed by atoms with E-state index in [-0.39, 0.29) is 12.3 Å². The molecule has 2 aromatic rings. The predicted octanol–water partition coefficient (Wildman–Crippen LogP) is 0.875. The molecule has 0 saturated heterocycles. The molecule has 0 aliphatic rings. The zero-order valence-corrected chi connectivity index (χ0v) is 8.30. The van der Waals surface area contributed by atoms with E-state index in [2.05, 4.69) is 15.3 Å². The van der Waals surface area contributed by atoms with E-state index in [1.165, 1.54) is 12.1 Å². The van der Waals surface area contributed by atoms with Gasteiger partial charge in [0.05, 0.1) is 22.6 Å². The van der Waals surface area contributed by atoms with Crippen LogP contribution in [0.4, 0.5) is 11.6 Å². The molecule has 0 aliphatic carbocycles. The molecular formula is C9H10N4O3. The number of aliphatic hydroxyl groups excluding tert-OH is 1. The highest BCUT2D eigenvalue weighted by atomic mass is 16.6. The number of aromatic nitrogens is 2. The minimum absolute atomic E-state index is 0.00278. The number of anilines is 1. The third-order valence-electron chi connectivity index (χ3n) is 2.08. The van der Waals surface area contributed by atoms with Crippen LogP contribution < -0.4 is 5.32 Å². The fourth-order valence-electron chi connectivity index (χ4n) is 1.37. The molecule has 0 bridgehead atoms. The molecule has 7 heteroatoms. The summed E-state index contributed by atoms with van der Waals surface area (Å²) in [6.45, 7) is 0.374. The van der Waals surface area contributed by atoms with Gasteiger partial charge in [-0.15, -0.1) is 0 Å². The van der Waals surface area contributed by atoms with Crippen molar-refractivity contribution in [2.24, 2.45) is 0 Å². The second kappa shape index (κ2) is 4.15. The van der Waals surface area contributed by atoms with Crippen LogP contribution in [-0.4, -0.2) is 33.1 Å². The van der Waals surface area contributed by atoms with Gasteiger partial charge in [0.15, 0.2) is 0 Å². The molecule has 7 nitrogen and oxygen atoms in total. The molecule has 0 aliphatic heterocycles. The summed E-state index contributed by atoms with van der Waals surface area (Å²) in [7, 11) is 0. The Morgan fingerprint density at radius 2 is 2.38 bits per heavy atom. The molecular weight excluding hydrogens is 212 g/mol. The molecule has 0 unspecified atom stereocenters. The van der Waals surface area contributed by atoms with Gasteiger partial charge in [-0.1, -0.05) is 0 Å². The van der Waals surface area contributed by atoms with E-state index >= 15 is 0 Å². The summed E-state index contributed by atoms with van der Waals surface area (Å²) in [5.74, 6) is 0.490. The van der Waals surface area contributed by atoms with Crippen LogP contribution in [0.3, 0.4) is 0 Å². The third-order valence-corrected chi connectivity index (χ3v) is 2.08. The molecule has 0 fully saturated rings. The van der Waals surface area contributed by atoms with E-state index in [1.54, 1.807) is 6.07 Å². The Labute approximate surface area is 90.3 Å². The van der Waals surface area contributed by atoms with Crippen molar-refractivity contribution in [3.05, 3.63) is 28.3 Å². The van der Waals surface area contributed by atoms with Crippen molar-refractivity contribution in [1.29, 1.82) is 0 Å². The lowest BCUT2D eigenvalue weighted by Crippen LogP contribution is -2.06. The van der Waals surface area contributed by atoms with Gasteiger partial charge in [0.2, 0.25) is 5.95 Å². The van der Waals surface area contributed by atoms with Gasteiger partial charge in [-0.3, -0.25) is 10.1 Å². The Balaban J connectivity index is 2.34. The maximum absolute atomic E-state index is 10.5. The number of hydrogen-bond donors (Lipinski definition) is 3. The van der Waals surface area contributed by atoms with Crippen molar-refractivity contribution in [3.8, 4) is 0 Å². The summed E-state index contributed by atoms with van der Waals surface area (Å²) in [4.78, 5) is 17.1. The number of nitro benzene ring substituents is 1. The van der Waals surface area contributed by atoms with E-state index in [0.29, 0.717) is 23.5 Å². The second-order valence-electron chi connectivity index (χ2n) is 3.19. The number of aromatic amines is 1. The number of imidazole rings is 1. The average Bonchev–Trinajstić information content (AvgIpc) is 2.67. The largest absolute Gasteiger partial charge is 0.395 e. The smallest absolute Gasteiger partial charge is 0.271 e. The normalized spacial score (nSPS) is 10.6. The fraction of sp³-hybridized carbons (Fsp3) is 0.222. The van der Waals surface area contributed by atoms with Crippen LogP contribution >= 0.6 is 0 Å². The maximum atomic E-state index is 10.5. The van der Waals surface area contributed by atoms with Crippen LogP contribution in [0.2, 0.25) is 0 Å². The Morgan fingerprint density at radius 3 is 3.06 bits per heavy atom. The van der Waals surface area contributed by atoms with Crippen molar-refractivity contribution in [3.63, 3.8) is 0 Å².